The zero-order valence-corrected chi connectivity index (χ0v) is 12.1. The summed E-state index contributed by atoms with van der Waals surface area (Å²) in [4.78, 5) is 0. The molecule has 0 N–H and O–H groups in total. The van der Waals surface area contributed by atoms with Crippen LogP contribution in [-0.2, 0) is 16.3 Å². The molecule has 0 saturated heterocycles. The molecule has 0 aliphatic heterocycles. The highest BCUT2D eigenvalue weighted by Gasteiger charge is 2.25. The lowest BCUT2D eigenvalue weighted by atomic mass is 10.3. The molecule has 0 aliphatic carbocycles. The first-order chi connectivity index (χ1) is 8.72. The van der Waals surface area contributed by atoms with Gasteiger partial charge in [0.25, 0.3) is 0 Å². The van der Waals surface area contributed by atoms with E-state index in [-0.39, 0.29) is 0 Å². The minimum atomic E-state index is -2.25. The molecule has 0 aromatic heterocycles. The average molecular weight is 278 g/mol. The number of para-hydroxylation sites is 1. The van der Waals surface area contributed by atoms with Gasteiger partial charge in [-0.05, 0) is 12.1 Å². The van der Waals surface area contributed by atoms with Crippen LogP contribution in [0.25, 0.3) is 0 Å². The van der Waals surface area contributed by atoms with E-state index in [1.165, 1.54) is 0 Å². The van der Waals surface area contributed by atoms with Crippen molar-refractivity contribution in [2.45, 2.75) is 0 Å². The molecule has 2 rings (SSSR count). The first-order valence-electron chi connectivity index (χ1n) is 5.57. The fourth-order valence-corrected chi connectivity index (χ4v) is 4.65. The van der Waals surface area contributed by atoms with Crippen LogP contribution in [0.5, 0.6) is 5.75 Å². The van der Waals surface area contributed by atoms with Gasteiger partial charge < -0.3 is 9.26 Å². The van der Waals surface area contributed by atoms with Crippen LogP contribution in [0.1, 0.15) is 0 Å². The molecular weight excluding hydrogens is 263 g/mol. The molecule has 2 aromatic carbocycles. The van der Waals surface area contributed by atoms with Gasteiger partial charge in [-0.3, -0.25) is 0 Å². The molecule has 18 heavy (non-hydrogen) atoms. The summed E-state index contributed by atoms with van der Waals surface area (Å²) < 4.78 is 11.1. The van der Waals surface area contributed by atoms with Gasteiger partial charge in [-0.15, -0.1) is 0 Å². The third kappa shape index (κ3) is 2.35. The van der Waals surface area contributed by atoms with E-state index in [0.29, 0.717) is 0 Å². The Bertz CT molecular complexity index is 569. The van der Waals surface area contributed by atoms with E-state index >= 15 is 0 Å². The molecule has 2 aromatic rings. The Labute approximate surface area is 113 Å². The molecule has 0 aliphatic rings. The molecule has 0 fully saturated rings. The molecule has 1 unspecified atom stereocenters. The Balaban J connectivity index is 2.61. The van der Waals surface area contributed by atoms with Gasteiger partial charge in [0.05, 0.1) is 12.4 Å². The maximum Gasteiger partial charge on any atom is 0.129 e. The van der Waals surface area contributed by atoms with Crippen molar-refractivity contribution in [3.8, 4) is 5.75 Å². The number of hydrogen-bond acceptors (Lipinski definition) is 3. The Morgan fingerprint density at radius 3 is 2.11 bits per heavy atom. The van der Waals surface area contributed by atoms with Crippen molar-refractivity contribution in [2.75, 3.05) is 14.2 Å². The van der Waals surface area contributed by atoms with Crippen LogP contribution >= 0.6 is 6.26 Å². The monoisotopic (exact) mass is 278 g/mol. The molecule has 0 amide bonds. The number of methoxy groups -OCH3 is 1. The SMILES string of the molecule is COc1ccccc1P(=S)(OC)c1ccccc1. The van der Waals surface area contributed by atoms with Crippen molar-refractivity contribution >= 4 is 28.7 Å². The summed E-state index contributed by atoms with van der Waals surface area (Å²) in [6.45, 7) is 0. The minimum Gasteiger partial charge on any atom is -0.496 e. The van der Waals surface area contributed by atoms with E-state index in [9.17, 15) is 0 Å². The van der Waals surface area contributed by atoms with Gasteiger partial charge in [-0.1, -0.05) is 54.3 Å². The first kappa shape index (κ1) is 13.3. The van der Waals surface area contributed by atoms with Crippen LogP contribution in [0.3, 0.4) is 0 Å². The van der Waals surface area contributed by atoms with Crippen LogP contribution in [-0.4, -0.2) is 14.2 Å². The van der Waals surface area contributed by atoms with Crippen LogP contribution < -0.4 is 15.3 Å². The van der Waals surface area contributed by atoms with E-state index in [0.717, 1.165) is 16.4 Å². The van der Waals surface area contributed by atoms with Crippen LogP contribution in [0.2, 0.25) is 0 Å². The van der Waals surface area contributed by atoms with E-state index in [1.807, 2.05) is 54.6 Å². The third-order valence-electron chi connectivity index (χ3n) is 2.76. The van der Waals surface area contributed by atoms with Gasteiger partial charge in [0.15, 0.2) is 0 Å². The van der Waals surface area contributed by atoms with Crippen molar-refractivity contribution in [3.05, 3.63) is 54.6 Å². The normalized spacial score (nSPS) is 13.9. The molecule has 4 heteroatoms. The highest BCUT2D eigenvalue weighted by Crippen LogP contribution is 2.46. The Morgan fingerprint density at radius 1 is 0.889 bits per heavy atom. The summed E-state index contributed by atoms with van der Waals surface area (Å²) in [5, 5.41) is 1.99. The second kappa shape index (κ2) is 5.66. The van der Waals surface area contributed by atoms with Gasteiger partial charge in [-0.25, -0.2) is 0 Å². The van der Waals surface area contributed by atoms with Crippen molar-refractivity contribution in [2.24, 2.45) is 0 Å². The number of ether oxygens (including phenoxy) is 1. The molecule has 94 valence electrons. The molecule has 0 bridgehead atoms. The number of benzene rings is 2. The van der Waals surface area contributed by atoms with E-state index in [2.05, 4.69) is 0 Å². The predicted octanol–water partition coefficient (Wildman–Crippen LogP) is 2.69. The predicted molar refractivity (Wildman–Crippen MR) is 80.0 cm³/mol. The topological polar surface area (TPSA) is 18.5 Å². The molecule has 0 radical (unpaired) electrons. The van der Waals surface area contributed by atoms with E-state index in [4.69, 9.17) is 21.1 Å². The second-order valence-corrected chi connectivity index (χ2v) is 7.75. The van der Waals surface area contributed by atoms with E-state index < -0.39 is 6.26 Å². The molecule has 2 nitrogen and oxygen atoms in total. The van der Waals surface area contributed by atoms with Crippen molar-refractivity contribution < 1.29 is 9.26 Å². The smallest absolute Gasteiger partial charge is 0.129 e. The van der Waals surface area contributed by atoms with Gasteiger partial charge in [0.2, 0.25) is 0 Å². The zero-order valence-electron chi connectivity index (χ0n) is 10.4. The Morgan fingerprint density at radius 2 is 1.50 bits per heavy atom. The summed E-state index contributed by atoms with van der Waals surface area (Å²) in [5.41, 5.74) is 0. The molecule has 0 spiro atoms. The number of hydrogen-bond donors (Lipinski definition) is 0. The Kier molecular flexibility index (Phi) is 4.18. The average Bonchev–Trinajstić information content (AvgIpc) is 2.47. The summed E-state index contributed by atoms with van der Waals surface area (Å²) in [6, 6.07) is 17.7. The van der Waals surface area contributed by atoms with Crippen LogP contribution in [0.15, 0.2) is 54.6 Å². The first-order valence-corrected chi connectivity index (χ1v) is 8.29. The highest BCUT2D eigenvalue weighted by atomic mass is 32.4. The molecule has 1 atom stereocenters. The van der Waals surface area contributed by atoms with Gasteiger partial charge >= 0.3 is 0 Å². The van der Waals surface area contributed by atoms with Crippen molar-refractivity contribution in [1.29, 1.82) is 0 Å². The maximum absolute atomic E-state index is 5.80. The maximum atomic E-state index is 5.80. The lowest BCUT2D eigenvalue weighted by Gasteiger charge is -2.23. The largest absolute Gasteiger partial charge is 0.496 e. The lowest BCUT2D eigenvalue weighted by molar-refractivity contribution is 0.416. The summed E-state index contributed by atoms with van der Waals surface area (Å²) in [6.07, 6.45) is -2.25. The molecule has 0 heterocycles. The second-order valence-electron chi connectivity index (χ2n) is 3.74. The summed E-state index contributed by atoms with van der Waals surface area (Å²) >= 11 is 5.80. The minimum absolute atomic E-state index is 0.784. The fourth-order valence-electron chi connectivity index (χ4n) is 1.84. The highest BCUT2D eigenvalue weighted by molar-refractivity contribution is 8.19. The lowest BCUT2D eigenvalue weighted by Crippen LogP contribution is -2.18. The fraction of sp³-hybridized carbons (Fsp3) is 0.143. The standard InChI is InChI=1S/C14H15O2PS/c1-15-13-10-6-7-11-14(13)17(18,16-2)12-8-4-3-5-9-12/h3-11H,1-2H3. The Hall–Kier alpha value is -1.15. The molecular formula is C14H15O2PS. The number of rotatable bonds is 4. The van der Waals surface area contributed by atoms with Gasteiger partial charge in [0.1, 0.15) is 12.0 Å². The molecule has 0 saturated carbocycles. The van der Waals surface area contributed by atoms with Gasteiger partial charge in [0, 0.05) is 12.4 Å². The quantitative estimate of drug-likeness (QED) is 0.801. The third-order valence-corrected chi connectivity index (χ3v) is 6.92. The van der Waals surface area contributed by atoms with Crippen LogP contribution in [0, 0.1) is 0 Å². The summed E-state index contributed by atoms with van der Waals surface area (Å²) in [7, 11) is 3.32. The van der Waals surface area contributed by atoms with Crippen molar-refractivity contribution in [1.82, 2.24) is 0 Å². The van der Waals surface area contributed by atoms with Crippen LogP contribution in [0.4, 0.5) is 0 Å². The zero-order chi connectivity index (χ0) is 13.0. The van der Waals surface area contributed by atoms with Gasteiger partial charge in [-0.2, -0.15) is 0 Å². The van der Waals surface area contributed by atoms with E-state index in [1.54, 1.807) is 14.2 Å². The van der Waals surface area contributed by atoms with Crippen molar-refractivity contribution in [3.63, 3.8) is 0 Å². The summed E-state index contributed by atoms with van der Waals surface area (Å²) in [5.74, 6) is 0.784.